The van der Waals surface area contributed by atoms with Gasteiger partial charge in [0.1, 0.15) is 11.6 Å². The van der Waals surface area contributed by atoms with Crippen LogP contribution in [0.3, 0.4) is 0 Å². The number of phenols is 1. The molecular weight excluding hydrogens is 326 g/mol. The first-order chi connectivity index (χ1) is 12.5. The molecule has 5 N–H and O–H groups in total. The zero-order valence-electron chi connectivity index (χ0n) is 14.1. The number of carbonyl (C=O) groups excluding carboxylic acids is 1. The van der Waals surface area contributed by atoms with Crippen molar-refractivity contribution in [2.45, 2.75) is 6.54 Å². The minimum atomic E-state index is -0.351. The van der Waals surface area contributed by atoms with Crippen LogP contribution in [-0.4, -0.2) is 16.8 Å². The summed E-state index contributed by atoms with van der Waals surface area (Å²) in [7, 11) is 0. The summed E-state index contributed by atoms with van der Waals surface area (Å²) in [5, 5.41) is 20.2. The lowest BCUT2D eigenvalue weighted by Crippen LogP contribution is -2.23. The Morgan fingerprint density at radius 1 is 0.962 bits per heavy atom. The molecule has 0 aliphatic rings. The maximum absolute atomic E-state index is 12.5. The van der Waals surface area contributed by atoms with Gasteiger partial charge in [-0.1, -0.05) is 60.7 Å². The van der Waals surface area contributed by atoms with Crippen LogP contribution in [0.1, 0.15) is 21.5 Å². The Morgan fingerprint density at radius 2 is 1.65 bits per heavy atom. The van der Waals surface area contributed by atoms with Crippen LogP contribution >= 0.6 is 0 Å². The van der Waals surface area contributed by atoms with E-state index in [0.717, 1.165) is 16.7 Å². The zero-order valence-corrected chi connectivity index (χ0v) is 14.1. The van der Waals surface area contributed by atoms with Gasteiger partial charge in [0.05, 0.1) is 5.56 Å². The van der Waals surface area contributed by atoms with Crippen LogP contribution in [-0.2, 0) is 6.54 Å². The summed E-state index contributed by atoms with van der Waals surface area (Å²) in [6, 6.07) is 21.7. The highest BCUT2D eigenvalue weighted by atomic mass is 16.3. The fourth-order valence-corrected chi connectivity index (χ4v) is 2.61. The lowest BCUT2D eigenvalue weighted by Gasteiger charge is -2.10. The van der Waals surface area contributed by atoms with Gasteiger partial charge in [-0.15, -0.1) is 0 Å². The standard InChI is InChI=1S/C21H19N3O2/c22-20(23)16-8-6-14(7-9-16)13-24-21(26)18-12-17(10-11-19(18)25)15-4-2-1-3-5-15/h1-12,25H,13H2,(H3,22,23)(H,24,26). The number of benzene rings is 3. The van der Waals surface area contributed by atoms with Crippen LogP contribution in [0.4, 0.5) is 0 Å². The number of nitrogens with one attached hydrogen (secondary N) is 2. The Morgan fingerprint density at radius 3 is 2.31 bits per heavy atom. The van der Waals surface area contributed by atoms with E-state index in [4.69, 9.17) is 11.1 Å². The molecule has 130 valence electrons. The van der Waals surface area contributed by atoms with Crippen molar-refractivity contribution in [3.05, 3.63) is 89.5 Å². The van der Waals surface area contributed by atoms with Crippen molar-refractivity contribution in [2.75, 3.05) is 0 Å². The highest BCUT2D eigenvalue weighted by Crippen LogP contribution is 2.25. The molecular formula is C21H19N3O2. The van der Waals surface area contributed by atoms with E-state index in [0.29, 0.717) is 12.1 Å². The third kappa shape index (κ3) is 3.89. The van der Waals surface area contributed by atoms with Crippen molar-refractivity contribution in [1.29, 1.82) is 5.41 Å². The van der Waals surface area contributed by atoms with Gasteiger partial charge in [0.2, 0.25) is 0 Å². The van der Waals surface area contributed by atoms with E-state index in [1.807, 2.05) is 30.3 Å². The molecule has 0 aromatic heterocycles. The van der Waals surface area contributed by atoms with Gasteiger partial charge in [-0.3, -0.25) is 10.2 Å². The van der Waals surface area contributed by atoms with Crippen LogP contribution in [0.2, 0.25) is 0 Å². The number of amides is 1. The van der Waals surface area contributed by atoms with Crippen molar-refractivity contribution in [3.63, 3.8) is 0 Å². The lowest BCUT2D eigenvalue weighted by molar-refractivity contribution is 0.0948. The van der Waals surface area contributed by atoms with Crippen LogP contribution in [0, 0.1) is 5.41 Å². The molecule has 5 nitrogen and oxygen atoms in total. The summed E-state index contributed by atoms with van der Waals surface area (Å²) in [5.41, 5.74) is 9.00. The quantitative estimate of drug-likeness (QED) is 0.422. The summed E-state index contributed by atoms with van der Waals surface area (Å²) in [6.45, 7) is 0.312. The third-order valence-electron chi connectivity index (χ3n) is 4.07. The summed E-state index contributed by atoms with van der Waals surface area (Å²) in [6.07, 6.45) is 0. The predicted molar refractivity (Wildman–Crippen MR) is 102 cm³/mol. The third-order valence-corrected chi connectivity index (χ3v) is 4.07. The second-order valence-corrected chi connectivity index (χ2v) is 5.89. The summed E-state index contributed by atoms with van der Waals surface area (Å²) in [5.74, 6) is -0.409. The smallest absolute Gasteiger partial charge is 0.255 e. The van der Waals surface area contributed by atoms with Gasteiger partial charge in [0.25, 0.3) is 5.91 Å². The Labute approximate surface area is 151 Å². The molecule has 0 fully saturated rings. The number of rotatable bonds is 5. The molecule has 0 saturated carbocycles. The monoisotopic (exact) mass is 345 g/mol. The maximum atomic E-state index is 12.5. The molecule has 3 aromatic rings. The average Bonchev–Trinajstić information content (AvgIpc) is 2.67. The Kier molecular flexibility index (Phi) is 4.99. The number of nitrogen functional groups attached to an aromatic ring is 1. The van der Waals surface area contributed by atoms with E-state index in [2.05, 4.69) is 5.32 Å². The number of hydrogen-bond acceptors (Lipinski definition) is 3. The van der Waals surface area contributed by atoms with Gasteiger partial charge in [-0.05, 0) is 28.8 Å². The summed E-state index contributed by atoms with van der Waals surface area (Å²) < 4.78 is 0. The van der Waals surface area contributed by atoms with Crippen LogP contribution in [0.15, 0.2) is 72.8 Å². The first kappa shape index (κ1) is 17.2. The number of aromatic hydroxyl groups is 1. The highest BCUT2D eigenvalue weighted by molar-refractivity contribution is 5.98. The predicted octanol–water partition coefficient (Wildman–Crippen LogP) is 3.27. The van der Waals surface area contributed by atoms with Crippen LogP contribution in [0.25, 0.3) is 11.1 Å². The molecule has 0 atom stereocenters. The van der Waals surface area contributed by atoms with Crippen molar-refractivity contribution in [1.82, 2.24) is 5.32 Å². The van der Waals surface area contributed by atoms with Gasteiger partial charge in [0.15, 0.2) is 0 Å². The Bertz CT molecular complexity index is 935. The van der Waals surface area contributed by atoms with Crippen LogP contribution in [0.5, 0.6) is 5.75 Å². The van der Waals surface area contributed by atoms with E-state index in [1.54, 1.807) is 36.4 Å². The van der Waals surface area contributed by atoms with E-state index in [-0.39, 0.29) is 23.1 Å². The molecule has 5 heteroatoms. The van der Waals surface area contributed by atoms with E-state index in [1.165, 1.54) is 6.07 Å². The minimum absolute atomic E-state index is 0.00300. The fourth-order valence-electron chi connectivity index (χ4n) is 2.61. The second-order valence-electron chi connectivity index (χ2n) is 5.89. The maximum Gasteiger partial charge on any atom is 0.255 e. The van der Waals surface area contributed by atoms with E-state index < -0.39 is 0 Å². The zero-order chi connectivity index (χ0) is 18.5. The molecule has 0 saturated heterocycles. The second kappa shape index (κ2) is 7.53. The topological polar surface area (TPSA) is 99.2 Å². The Hall–Kier alpha value is -3.60. The number of amidine groups is 1. The summed E-state index contributed by atoms with van der Waals surface area (Å²) in [4.78, 5) is 12.5. The molecule has 26 heavy (non-hydrogen) atoms. The molecule has 3 rings (SSSR count). The van der Waals surface area contributed by atoms with Gasteiger partial charge < -0.3 is 16.2 Å². The SMILES string of the molecule is N=C(N)c1ccc(CNC(=O)c2cc(-c3ccccc3)ccc2O)cc1. The van der Waals surface area contributed by atoms with Gasteiger partial charge in [0, 0.05) is 12.1 Å². The van der Waals surface area contributed by atoms with Crippen molar-refractivity contribution < 1.29 is 9.90 Å². The fraction of sp³-hybridized carbons (Fsp3) is 0.0476. The van der Waals surface area contributed by atoms with Gasteiger partial charge in [-0.25, -0.2) is 0 Å². The highest BCUT2D eigenvalue weighted by Gasteiger charge is 2.12. The van der Waals surface area contributed by atoms with Crippen molar-refractivity contribution in [3.8, 4) is 16.9 Å². The number of carbonyl (C=O) groups is 1. The number of phenolic OH excluding ortho intramolecular Hbond substituents is 1. The van der Waals surface area contributed by atoms with Crippen molar-refractivity contribution >= 4 is 11.7 Å². The largest absolute Gasteiger partial charge is 0.507 e. The van der Waals surface area contributed by atoms with E-state index in [9.17, 15) is 9.90 Å². The molecule has 1 amide bonds. The lowest BCUT2D eigenvalue weighted by atomic mass is 10.0. The molecule has 0 aliphatic heterocycles. The van der Waals surface area contributed by atoms with E-state index >= 15 is 0 Å². The van der Waals surface area contributed by atoms with Gasteiger partial charge >= 0.3 is 0 Å². The van der Waals surface area contributed by atoms with Crippen LogP contribution < -0.4 is 11.1 Å². The molecule has 0 unspecified atom stereocenters. The molecule has 0 bridgehead atoms. The molecule has 0 heterocycles. The first-order valence-electron chi connectivity index (χ1n) is 8.14. The van der Waals surface area contributed by atoms with Crippen molar-refractivity contribution in [2.24, 2.45) is 5.73 Å². The average molecular weight is 345 g/mol. The molecule has 0 radical (unpaired) electrons. The summed E-state index contributed by atoms with van der Waals surface area (Å²) >= 11 is 0. The first-order valence-corrected chi connectivity index (χ1v) is 8.14. The molecule has 0 aliphatic carbocycles. The van der Waals surface area contributed by atoms with Gasteiger partial charge in [-0.2, -0.15) is 0 Å². The molecule has 0 spiro atoms. The Balaban J connectivity index is 1.74. The minimum Gasteiger partial charge on any atom is -0.507 e. The normalized spacial score (nSPS) is 10.3. The molecule has 3 aromatic carbocycles. The number of hydrogen-bond donors (Lipinski definition) is 4. The number of nitrogens with two attached hydrogens (primary N) is 1.